The normalized spacial score (nSPS) is 14.7. The first-order chi connectivity index (χ1) is 6.69. The fourth-order valence-electron chi connectivity index (χ4n) is 0.465. The first-order valence-corrected chi connectivity index (χ1v) is 4.06. The zero-order valence-corrected chi connectivity index (χ0v) is 8.44. The van der Waals surface area contributed by atoms with Crippen LogP contribution in [0.4, 0.5) is 39.5 Å². The van der Waals surface area contributed by atoms with Crippen LogP contribution in [-0.2, 0) is 19.1 Å². The molecule has 17 heavy (non-hydrogen) atoms. The van der Waals surface area contributed by atoms with Gasteiger partial charge in [0.05, 0.1) is 0 Å². The summed E-state index contributed by atoms with van der Waals surface area (Å²) in [6, 6.07) is 0. The van der Waals surface area contributed by atoms with Crippen molar-refractivity contribution in [2.24, 2.45) is 0 Å². The molecule has 0 saturated heterocycles. The van der Waals surface area contributed by atoms with Gasteiger partial charge in [-0.1, -0.05) is 0 Å². The molecule has 0 aromatic carbocycles. The molecule has 13 heteroatoms. The van der Waals surface area contributed by atoms with E-state index in [1.807, 2.05) is 0 Å². The molecule has 0 aliphatic rings. The fraction of sp³-hybridized carbons (Fsp3) is 1.00. The second kappa shape index (κ2) is 4.89. The van der Waals surface area contributed by atoms with Crippen LogP contribution in [0.5, 0.6) is 0 Å². The van der Waals surface area contributed by atoms with Crippen molar-refractivity contribution < 1.29 is 66.8 Å². The van der Waals surface area contributed by atoms with Crippen LogP contribution in [0.1, 0.15) is 0 Å². The van der Waals surface area contributed by atoms with Crippen LogP contribution in [0.3, 0.4) is 0 Å². The summed E-state index contributed by atoms with van der Waals surface area (Å²) in [5, 5.41) is -6.55. The van der Waals surface area contributed by atoms with Gasteiger partial charge in [0.25, 0.3) is 0 Å². The fourth-order valence-corrected chi connectivity index (χ4v) is 0.803. The predicted octanol–water partition coefficient (Wildman–Crippen LogP) is -0.275. The Kier molecular flexibility index (Phi) is 5.54. The van der Waals surface area contributed by atoms with Gasteiger partial charge in [0, 0.05) is 0 Å². The van der Waals surface area contributed by atoms with E-state index in [2.05, 4.69) is 0 Å². The second-order valence-electron chi connectivity index (χ2n) is 2.40. The summed E-state index contributed by atoms with van der Waals surface area (Å²) >= 11 is 0. The standard InChI is InChI=1S/C4F9O2S.Li/c5-1(6,3(9,10)11)2(7,8)4(12,13)16(14)15;/q-1;+1. The van der Waals surface area contributed by atoms with E-state index in [0.29, 0.717) is 0 Å². The third kappa shape index (κ3) is 2.85. The molecule has 98 valence electrons. The summed E-state index contributed by atoms with van der Waals surface area (Å²) < 4.78 is 125. The van der Waals surface area contributed by atoms with E-state index < -0.39 is 34.0 Å². The van der Waals surface area contributed by atoms with E-state index in [-0.39, 0.29) is 18.9 Å². The Labute approximate surface area is 101 Å². The summed E-state index contributed by atoms with van der Waals surface area (Å²) in [6.45, 7) is 0. The Morgan fingerprint density at radius 1 is 0.647 bits per heavy atom. The molecule has 0 atom stereocenters. The minimum Gasteiger partial charge on any atom is -0.418 e. The van der Waals surface area contributed by atoms with Gasteiger partial charge in [-0.3, -0.25) is 0 Å². The van der Waals surface area contributed by atoms with E-state index in [1.165, 1.54) is 0 Å². The summed E-state index contributed by atoms with van der Waals surface area (Å²) in [5.41, 5.74) is 0. The van der Waals surface area contributed by atoms with Crippen molar-refractivity contribution in [1.29, 1.82) is 0 Å². The van der Waals surface area contributed by atoms with Crippen LogP contribution in [0.25, 0.3) is 0 Å². The molecule has 0 aliphatic carbocycles. The molecule has 0 aromatic rings. The minimum atomic E-state index is -7.18. The largest absolute Gasteiger partial charge is 1.00 e. The Hall–Kier alpha value is -0.0826. The van der Waals surface area contributed by atoms with E-state index >= 15 is 0 Å². The van der Waals surface area contributed by atoms with Crippen LogP contribution in [-0.4, -0.2) is 23.3 Å². The molecular formula is C4F9LiO2S. The van der Waals surface area contributed by atoms with Crippen LogP contribution in [0.2, 0.25) is 0 Å². The SMILES string of the molecule is O=[S-](=O)C(F)(F)C(F)(F)C(F)(F)C(F)(F)F.[Li+]. The van der Waals surface area contributed by atoms with Crippen LogP contribution in [0.15, 0.2) is 0 Å². The maximum Gasteiger partial charge on any atom is 1.00 e. The van der Waals surface area contributed by atoms with E-state index in [9.17, 15) is 47.9 Å². The van der Waals surface area contributed by atoms with Crippen molar-refractivity contribution in [3.8, 4) is 0 Å². The maximum absolute atomic E-state index is 12.1. The molecule has 2 nitrogen and oxygen atoms in total. The molecule has 0 bridgehead atoms. The molecule has 0 radical (unpaired) electrons. The third-order valence-corrected chi connectivity index (χ3v) is 2.00. The van der Waals surface area contributed by atoms with Gasteiger partial charge < -0.3 is 8.42 Å². The quantitative estimate of drug-likeness (QED) is 0.407. The molecule has 0 spiro atoms. The van der Waals surface area contributed by atoms with Gasteiger partial charge in [-0.15, -0.1) is 0 Å². The average molecular weight is 290 g/mol. The molecule has 0 saturated carbocycles. The van der Waals surface area contributed by atoms with E-state index in [1.54, 1.807) is 0 Å². The van der Waals surface area contributed by atoms with Crippen molar-refractivity contribution >= 4 is 10.7 Å². The van der Waals surface area contributed by atoms with Gasteiger partial charge in [-0.2, -0.15) is 30.7 Å². The zero-order chi connectivity index (χ0) is 13.6. The molecule has 0 N–H and O–H groups in total. The van der Waals surface area contributed by atoms with Crippen molar-refractivity contribution in [3.05, 3.63) is 0 Å². The first kappa shape index (κ1) is 19.3. The summed E-state index contributed by atoms with van der Waals surface area (Å²) in [4.78, 5) is 0. The predicted molar refractivity (Wildman–Crippen MR) is 29.6 cm³/mol. The van der Waals surface area contributed by atoms with Crippen molar-refractivity contribution in [1.82, 2.24) is 0 Å². The Bertz CT molecular complexity index is 337. The number of rotatable bonds is 3. The maximum atomic E-state index is 12.1. The van der Waals surface area contributed by atoms with Crippen molar-refractivity contribution in [3.63, 3.8) is 0 Å². The topological polar surface area (TPSA) is 34.1 Å². The number of halogens is 9. The first-order valence-electron chi connectivity index (χ1n) is 2.99. The molecule has 0 unspecified atom stereocenters. The van der Waals surface area contributed by atoms with Gasteiger partial charge in [0.1, 0.15) is 0 Å². The van der Waals surface area contributed by atoms with Gasteiger partial charge in [-0.05, 0) is 10.7 Å². The summed E-state index contributed by atoms with van der Waals surface area (Å²) in [5.74, 6) is -14.3. The minimum absolute atomic E-state index is 0. The van der Waals surface area contributed by atoms with Crippen molar-refractivity contribution in [2.75, 3.05) is 0 Å². The third-order valence-electron chi connectivity index (χ3n) is 1.33. The van der Waals surface area contributed by atoms with Crippen LogP contribution >= 0.6 is 0 Å². The molecule has 0 heterocycles. The van der Waals surface area contributed by atoms with Gasteiger partial charge in [-0.25, -0.2) is 8.78 Å². The Morgan fingerprint density at radius 2 is 0.941 bits per heavy atom. The Balaban J connectivity index is 0. The van der Waals surface area contributed by atoms with E-state index in [4.69, 9.17) is 0 Å². The molecular weight excluding hydrogens is 290 g/mol. The summed E-state index contributed by atoms with van der Waals surface area (Å²) in [6.07, 6.45) is -7.01. The molecule has 0 aromatic heterocycles. The molecule has 0 amide bonds. The van der Waals surface area contributed by atoms with Crippen molar-refractivity contribution in [2.45, 2.75) is 23.3 Å². The van der Waals surface area contributed by atoms with Gasteiger partial charge >= 0.3 is 42.1 Å². The zero-order valence-electron chi connectivity index (χ0n) is 7.63. The molecule has 0 rings (SSSR count). The van der Waals surface area contributed by atoms with Crippen LogP contribution in [0, 0.1) is 0 Å². The summed E-state index contributed by atoms with van der Waals surface area (Å²) in [7, 11) is -5.14. The van der Waals surface area contributed by atoms with Crippen LogP contribution < -0.4 is 18.9 Å². The Morgan fingerprint density at radius 3 is 1.12 bits per heavy atom. The number of hydrogen-bond acceptors (Lipinski definition) is 3. The number of alkyl halides is 9. The molecule has 0 aliphatic heterocycles. The monoisotopic (exact) mass is 290 g/mol. The van der Waals surface area contributed by atoms with E-state index in [0.717, 1.165) is 0 Å². The average Bonchev–Trinajstić information content (AvgIpc) is 2.00. The number of hydrogen-bond donors (Lipinski definition) is 0. The molecule has 0 fully saturated rings. The van der Waals surface area contributed by atoms with Gasteiger partial charge in [0.2, 0.25) is 0 Å². The smallest absolute Gasteiger partial charge is 0.418 e. The van der Waals surface area contributed by atoms with Gasteiger partial charge in [0.15, 0.2) is 0 Å². The second-order valence-corrected chi connectivity index (χ2v) is 3.38.